The summed E-state index contributed by atoms with van der Waals surface area (Å²) in [6.45, 7) is 4.46. The van der Waals surface area contributed by atoms with E-state index in [1.807, 2.05) is 68.5 Å². The minimum Gasteiger partial charge on any atom is -0.490 e. The molecule has 1 amide bonds. The maximum Gasteiger partial charge on any atom is 0.265 e. The van der Waals surface area contributed by atoms with Crippen LogP contribution < -0.4 is 9.47 Å². The van der Waals surface area contributed by atoms with Crippen LogP contribution in [0.3, 0.4) is 0 Å². The van der Waals surface area contributed by atoms with Gasteiger partial charge in [0.25, 0.3) is 5.91 Å². The lowest BCUT2D eigenvalue weighted by Gasteiger charge is -2.18. The molecule has 2 aromatic carbocycles. The molecule has 4 nitrogen and oxygen atoms in total. The van der Waals surface area contributed by atoms with Gasteiger partial charge in [0.1, 0.15) is 10.4 Å². The van der Waals surface area contributed by atoms with Gasteiger partial charge in [-0.1, -0.05) is 60.4 Å². The summed E-state index contributed by atoms with van der Waals surface area (Å²) in [4.78, 5) is 14.3. The van der Waals surface area contributed by atoms with E-state index >= 15 is 0 Å². The van der Waals surface area contributed by atoms with Gasteiger partial charge >= 0.3 is 0 Å². The molecule has 1 aliphatic heterocycles. The highest BCUT2D eigenvalue weighted by Gasteiger charge is 2.28. The fourth-order valence-electron chi connectivity index (χ4n) is 2.66. The SMILES string of the molecule is CCOc1cc(/C=C2\SC(=S)N(C)C2=O)ccc1O[C@@H](C)c1ccccc1. The van der Waals surface area contributed by atoms with Crippen molar-refractivity contribution < 1.29 is 14.3 Å². The first-order valence-corrected chi connectivity index (χ1v) is 9.92. The summed E-state index contributed by atoms with van der Waals surface area (Å²) in [7, 11) is 1.69. The second-order valence-corrected chi connectivity index (χ2v) is 7.73. The lowest BCUT2D eigenvalue weighted by atomic mass is 10.1. The molecule has 140 valence electrons. The molecule has 3 rings (SSSR count). The molecule has 2 aromatic rings. The molecule has 1 atom stereocenters. The van der Waals surface area contributed by atoms with E-state index in [0.29, 0.717) is 27.3 Å². The highest BCUT2D eigenvalue weighted by Crippen LogP contribution is 2.35. The normalized spacial score (nSPS) is 16.7. The molecule has 0 radical (unpaired) electrons. The average Bonchev–Trinajstić information content (AvgIpc) is 2.91. The van der Waals surface area contributed by atoms with Crippen molar-refractivity contribution in [1.82, 2.24) is 4.90 Å². The molecule has 1 aliphatic rings. The van der Waals surface area contributed by atoms with Gasteiger partial charge in [-0.05, 0) is 43.2 Å². The van der Waals surface area contributed by atoms with E-state index in [1.165, 1.54) is 16.7 Å². The number of hydrogen-bond donors (Lipinski definition) is 0. The predicted octanol–water partition coefficient (Wildman–Crippen LogP) is 5.06. The molecule has 0 aromatic heterocycles. The summed E-state index contributed by atoms with van der Waals surface area (Å²) >= 11 is 6.48. The Hall–Kier alpha value is -2.31. The first kappa shape index (κ1) is 19.5. The third-order valence-electron chi connectivity index (χ3n) is 4.12. The standard InChI is InChI=1S/C21H21NO3S2/c1-4-24-18-12-15(13-19-20(23)22(3)21(26)27-19)10-11-17(18)25-14(2)16-8-6-5-7-9-16/h5-14H,4H2,1-3H3/b19-13-/t14-/m0/s1. The summed E-state index contributed by atoms with van der Waals surface area (Å²) in [5.41, 5.74) is 1.96. The van der Waals surface area contributed by atoms with Gasteiger partial charge in [-0.2, -0.15) is 0 Å². The Morgan fingerprint density at radius 2 is 1.93 bits per heavy atom. The Balaban J connectivity index is 1.85. The van der Waals surface area contributed by atoms with Crippen molar-refractivity contribution in [3.05, 3.63) is 64.6 Å². The summed E-state index contributed by atoms with van der Waals surface area (Å²) in [5.74, 6) is 1.25. The molecule has 6 heteroatoms. The van der Waals surface area contributed by atoms with Crippen molar-refractivity contribution in [3.8, 4) is 11.5 Å². The Bertz CT molecular complexity index is 880. The van der Waals surface area contributed by atoms with Gasteiger partial charge in [-0.15, -0.1) is 0 Å². The molecule has 0 aliphatic carbocycles. The van der Waals surface area contributed by atoms with Crippen molar-refractivity contribution in [2.24, 2.45) is 0 Å². The summed E-state index contributed by atoms with van der Waals surface area (Å²) < 4.78 is 12.4. The molecular formula is C21H21NO3S2. The Morgan fingerprint density at radius 1 is 1.19 bits per heavy atom. The van der Waals surface area contributed by atoms with Gasteiger partial charge in [0.2, 0.25) is 0 Å². The monoisotopic (exact) mass is 399 g/mol. The molecule has 0 unspecified atom stereocenters. The number of thiocarbonyl (C=S) groups is 1. The van der Waals surface area contributed by atoms with Gasteiger partial charge < -0.3 is 9.47 Å². The number of benzene rings is 2. The van der Waals surface area contributed by atoms with Crippen LogP contribution in [0.4, 0.5) is 0 Å². The molecule has 1 saturated heterocycles. The number of amides is 1. The van der Waals surface area contributed by atoms with E-state index in [2.05, 4.69) is 0 Å². The second kappa shape index (κ2) is 8.59. The van der Waals surface area contributed by atoms with Crippen LogP contribution in [0.25, 0.3) is 6.08 Å². The number of rotatable bonds is 6. The molecule has 0 N–H and O–H groups in total. The Morgan fingerprint density at radius 3 is 2.56 bits per heavy atom. The van der Waals surface area contributed by atoms with Crippen molar-refractivity contribution >= 4 is 40.3 Å². The average molecular weight is 400 g/mol. The molecule has 0 bridgehead atoms. The van der Waals surface area contributed by atoms with Gasteiger partial charge in [-0.3, -0.25) is 9.69 Å². The number of likely N-dealkylation sites (N-methyl/N-ethyl adjacent to an activating group) is 1. The molecular weight excluding hydrogens is 378 g/mol. The van der Waals surface area contributed by atoms with E-state index in [4.69, 9.17) is 21.7 Å². The third-order valence-corrected chi connectivity index (χ3v) is 5.61. The summed E-state index contributed by atoms with van der Waals surface area (Å²) in [6.07, 6.45) is 1.73. The van der Waals surface area contributed by atoms with Crippen molar-refractivity contribution in [1.29, 1.82) is 0 Å². The topological polar surface area (TPSA) is 38.8 Å². The van der Waals surface area contributed by atoms with E-state index in [9.17, 15) is 4.79 Å². The number of carbonyl (C=O) groups excluding carboxylic acids is 1. The fourth-order valence-corrected chi connectivity index (χ4v) is 3.84. The Kier molecular flexibility index (Phi) is 6.19. The van der Waals surface area contributed by atoms with Crippen molar-refractivity contribution in [3.63, 3.8) is 0 Å². The molecule has 1 heterocycles. The largest absolute Gasteiger partial charge is 0.490 e. The number of hydrogen-bond acceptors (Lipinski definition) is 5. The fraction of sp³-hybridized carbons (Fsp3) is 0.238. The predicted molar refractivity (Wildman–Crippen MR) is 114 cm³/mol. The van der Waals surface area contributed by atoms with Crippen LogP contribution in [0.5, 0.6) is 11.5 Å². The van der Waals surface area contributed by atoms with E-state index in [0.717, 1.165) is 11.1 Å². The molecule has 1 fully saturated rings. The second-order valence-electron chi connectivity index (χ2n) is 6.05. The molecule has 27 heavy (non-hydrogen) atoms. The van der Waals surface area contributed by atoms with Crippen LogP contribution >= 0.6 is 24.0 Å². The minimum absolute atomic E-state index is 0.0824. The highest BCUT2D eigenvalue weighted by molar-refractivity contribution is 8.26. The lowest BCUT2D eigenvalue weighted by Crippen LogP contribution is -2.22. The maximum absolute atomic E-state index is 12.2. The first-order chi connectivity index (χ1) is 13.0. The lowest BCUT2D eigenvalue weighted by molar-refractivity contribution is -0.121. The third kappa shape index (κ3) is 4.51. The van der Waals surface area contributed by atoms with Crippen molar-refractivity contribution in [2.45, 2.75) is 20.0 Å². The van der Waals surface area contributed by atoms with E-state index in [-0.39, 0.29) is 12.0 Å². The zero-order valence-corrected chi connectivity index (χ0v) is 17.1. The smallest absolute Gasteiger partial charge is 0.265 e. The van der Waals surface area contributed by atoms with Crippen LogP contribution in [0.15, 0.2) is 53.4 Å². The van der Waals surface area contributed by atoms with Gasteiger partial charge in [0.05, 0.1) is 11.5 Å². The number of ether oxygens (including phenoxy) is 2. The zero-order valence-electron chi connectivity index (χ0n) is 15.5. The quantitative estimate of drug-likeness (QED) is 0.502. The summed E-state index contributed by atoms with van der Waals surface area (Å²) in [6, 6.07) is 15.7. The molecule has 0 spiro atoms. The van der Waals surface area contributed by atoms with E-state index in [1.54, 1.807) is 7.05 Å². The van der Waals surface area contributed by atoms with Crippen molar-refractivity contribution in [2.75, 3.05) is 13.7 Å². The number of nitrogens with zero attached hydrogens (tertiary/aromatic N) is 1. The van der Waals surface area contributed by atoms with Crippen LogP contribution in [0.2, 0.25) is 0 Å². The first-order valence-electron chi connectivity index (χ1n) is 8.69. The van der Waals surface area contributed by atoms with Gasteiger partial charge in [-0.25, -0.2) is 0 Å². The Labute approximate surface area is 169 Å². The highest BCUT2D eigenvalue weighted by atomic mass is 32.2. The van der Waals surface area contributed by atoms with Crippen LogP contribution in [0.1, 0.15) is 31.1 Å². The molecule has 0 saturated carbocycles. The van der Waals surface area contributed by atoms with Gasteiger partial charge in [0, 0.05) is 7.05 Å². The van der Waals surface area contributed by atoms with Crippen LogP contribution in [-0.2, 0) is 4.79 Å². The summed E-state index contributed by atoms with van der Waals surface area (Å²) in [5, 5.41) is 0. The van der Waals surface area contributed by atoms with Crippen LogP contribution in [0, 0.1) is 0 Å². The number of carbonyl (C=O) groups is 1. The van der Waals surface area contributed by atoms with Gasteiger partial charge in [0.15, 0.2) is 11.5 Å². The minimum atomic E-state index is -0.104. The van der Waals surface area contributed by atoms with E-state index < -0.39 is 0 Å². The maximum atomic E-state index is 12.2. The number of thioether (sulfide) groups is 1. The van der Waals surface area contributed by atoms with Crippen LogP contribution in [-0.4, -0.2) is 28.8 Å². The zero-order chi connectivity index (χ0) is 19.4.